The second-order valence-electron chi connectivity index (χ2n) is 7.12. The molecule has 0 aromatic heterocycles. The molecule has 1 heterocycles. The van der Waals surface area contributed by atoms with Crippen LogP contribution in [0.2, 0.25) is 0 Å². The first-order valence-corrected chi connectivity index (χ1v) is 9.35. The minimum atomic E-state index is -0.00251. The molecule has 0 aliphatic carbocycles. The molecule has 0 bridgehead atoms. The topological polar surface area (TPSA) is 71.1 Å². The Kier molecular flexibility index (Phi) is 7.91. The van der Waals surface area contributed by atoms with Crippen molar-refractivity contribution in [3.63, 3.8) is 0 Å². The zero-order chi connectivity index (χ0) is 19.8. The van der Waals surface area contributed by atoms with Crippen LogP contribution in [0.25, 0.3) is 0 Å². The lowest BCUT2D eigenvalue weighted by atomic mass is 9.95. The van der Waals surface area contributed by atoms with Crippen LogP contribution in [0, 0.1) is 5.92 Å². The van der Waals surface area contributed by atoms with E-state index in [0.29, 0.717) is 50.4 Å². The third-order valence-corrected chi connectivity index (χ3v) is 4.88. The quantitative estimate of drug-likeness (QED) is 0.736. The number of hydrogen-bond acceptors (Lipinski definition) is 5. The summed E-state index contributed by atoms with van der Waals surface area (Å²) in [4.78, 5) is 28.7. The molecule has 1 N–H and O–H groups in total. The van der Waals surface area contributed by atoms with E-state index in [1.807, 2.05) is 42.1 Å². The number of methoxy groups -OCH3 is 2. The molecule has 1 aliphatic heterocycles. The minimum absolute atomic E-state index is 0.00251. The third kappa shape index (κ3) is 6.13. The average Bonchev–Trinajstić information content (AvgIpc) is 2.67. The maximum absolute atomic E-state index is 12.6. The van der Waals surface area contributed by atoms with Crippen LogP contribution < -0.4 is 14.8 Å². The Hall–Kier alpha value is -2.28. The Balaban J connectivity index is 1.82. The fourth-order valence-electron chi connectivity index (χ4n) is 3.22. The first-order chi connectivity index (χ1) is 12.9. The Bertz CT molecular complexity index is 640. The van der Waals surface area contributed by atoms with Crippen molar-refractivity contribution in [2.75, 3.05) is 54.5 Å². The number of rotatable bonds is 8. The molecule has 1 aliphatic rings. The van der Waals surface area contributed by atoms with Crippen molar-refractivity contribution < 1.29 is 19.1 Å². The minimum Gasteiger partial charge on any atom is -0.493 e. The molecular formula is C20H31N3O4. The summed E-state index contributed by atoms with van der Waals surface area (Å²) in [5.74, 6) is 1.44. The molecule has 1 aromatic rings. The van der Waals surface area contributed by atoms with Crippen LogP contribution in [-0.2, 0) is 16.0 Å². The first-order valence-electron chi connectivity index (χ1n) is 9.35. The lowest BCUT2D eigenvalue weighted by molar-refractivity contribution is -0.135. The number of nitrogens with one attached hydrogen (secondary N) is 1. The van der Waals surface area contributed by atoms with Crippen LogP contribution in [0.1, 0.15) is 18.4 Å². The Morgan fingerprint density at radius 1 is 1.15 bits per heavy atom. The van der Waals surface area contributed by atoms with Crippen LogP contribution in [0.4, 0.5) is 0 Å². The van der Waals surface area contributed by atoms with Crippen molar-refractivity contribution in [1.82, 2.24) is 15.1 Å². The van der Waals surface area contributed by atoms with E-state index in [1.165, 1.54) is 0 Å². The average molecular weight is 377 g/mol. The van der Waals surface area contributed by atoms with Crippen molar-refractivity contribution in [3.8, 4) is 11.5 Å². The van der Waals surface area contributed by atoms with E-state index >= 15 is 0 Å². The Labute approximate surface area is 161 Å². The maximum atomic E-state index is 12.6. The number of carbonyl (C=O) groups is 2. The van der Waals surface area contributed by atoms with Crippen LogP contribution in [0.15, 0.2) is 18.2 Å². The molecule has 0 spiro atoms. The normalized spacial score (nSPS) is 14.9. The molecule has 0 atom stereocenters. The van der Waals surface area contributed by atoms with Gasteiger partial charge in [-0.05, 0) is 44.6 Å². The van der Waals surface area contributed by atoms with Crippen LogP contribution in [-0.4, -0.2) is 76.1 Å². The Morgan fingerprint density at radius 2 is 1.81 bits per heavy atom. The summed E-state index contributed by atoms with van der Waals surface area (Å²) >= 11 is 0. The lowest BCUT2D eigenvalue weighted by Gasteiger charge is -2.31. The number of hydrogen-bond donors (Lipinski definition) is 1. The molecule has 7 heteroatoms. The lowest BCUT2D eigenvalue weighted by Crippen LogP contribution is -2.44. The van der Waals surface area contributed by atoms with Gasteiger partial charge in [0.2, 0.25) is 11.8 Å². The molecule has 1 fully saturated rings. The van der Waals surface area contributed by atoms with Crippen LogP contribution in [0.3, 0.4) is 0 Å². The SMILES string of the molecule is COc1ccc(CC(=O)N2CCC(C(=O)NCCN(C)C)CC2)cc1OC. The molecule has 7 nitrogen and oxygen atoms in total. The van der Waals surface area contributed by atoms with Gasteiger partial charge in [0.15, 0.2) is 11.5 Å². The molecule has 0 radical (unpaired) electrons. The molecule has 0 unspecified atom stereocenters. The monoisotopic (exact) mass is 377 g/mol. The number of amides is 2. The van der Waals surface area contributed by atoms with Gasteiger partial charge in [0.25, 0.3) is 0 Å². The molecule has 150 valence electrons. The zero-order valence-corrected chi connectivity index (χ0v) is 16.8. The Morgan fingerprint density at radius 3 is 2.41 bits per heavy atom. The summed E-state index contributed by atoms with van der Waals surface area (Å²) in [6.45, 7) is 2.73. The maximum Gasteiger partial charge on any atom is 0.226 e. The van der Waals surface area contributed by atoms with Gasteiger partial charge in [-0.15, -0.1) is 0 Å². The van der Waals surface area contributed by atoms with Gasteiger partial charge in [-0.2, -0.15) is 0 Å². The van der Waals surface area contributed by atoms with Gasteiger partial charge in [-0.25, -0.2) is 0 Å². The number of piperidine rings is 1. The number of likely N-dealkylation sites (N-methyl/N-ethyl adjacent to an activating group) is 1. The number of benzene rings is 1. The van der Waals surface area contributed by atoms with Crippen LogP contribution >= 0.6 is 0 Å². The molecule has 2 amide bonds. The predicted molar refractivity (Wildman–Crippen MR) is 104 cm³/mol. The van der Waals surface area contributed by atoms with E-state index in [1.54, 1.807) is 14.2 Å². The van der Waals surface area contributed by atoms with Gasteiger partial charge in [0.1, 0.15) is 0 Å². The second-order valence-corrected chi connectivity index (χ2v) is 7.12. The van der Waals surface area contributed by atoms with E-state index in [0.717, 1.165) is 12.1 Å². The van der Waals surface area contributed by atoms with Crippen molar-refractivity contribution in [3.05, 3.63) is 23.8 Å². The van der Waals surface area contributed by atoms with Crippen molar-refractivity contribution in [2.24, 2.45) is 5.92 Å². The highest BCUT2D eigenvalue weighted by molar-refractivity contribution is 5.81. The number of nitrogens with zero attached hydrogens (tertiary/aromatic N) is 2. The highest BCUT2D eigenvalue weighted by Crippen LogP contribution is 2.28. The summed E-state index contributed by atoms with van der Waals surface area (Å²) in [6.07, 6.45) is 1.75. The van der Waals surface area contributed by atoms with Gasteiger partial charge >= 0.3 is 0 Å². The summed E-state index contributed by atoms with van der Waals surface area (Å²) in [5.41, 5.74) is 0.890. The summed E-state index contributed by atoms with van der Waals surface area (Å²) in [6, 6.07) is 5.53. The highest BCUT2D eigenvalue weighted by atomic mass is 16.5. The summed E-state index contributed by atoms with van der Waals surface area (Å²) in [7, 11) is 7.13. The molecule has 1 saturated heterocycles. The van der Waals surface area contributed by atoms with Gasteiger partial charge < -0.3 is 24.6 Å². The van der Waals surface area contributed by atoms with Crippen molar-refractivity contribution in [2.45, 2.75) is 19.3 Å². The fraction of sp³-hybridized carbons (Fsp3) is 0.600. The fourth-order valence-corrected chi connectivity index (χ4v) is 3.22. The molecule has 1 aromatic carbocycles. The van der Waals surface area contributed by atoms with Crippen molar-refractivity contribution in [1.29, 1.82) is 0 Å². The van der Waals surface area contributed by atoms with Gasteiger partial charge in [-0.3, -0.25) is 9.59 Å². The smallest absolute Gasteiger partial charge is 0.226 e. The molecule has 2 rings (SSSR count). The van der Waals surface area contributed by atoms with Gasteiger partial charge in [0.05, 0.1) is 20.6 Å². The number of carbonyl (C=O) groups excluding carboxylic acids is 2. The number of ether oxygens (including phenoxy) is 2. The summed E-state index contributed by atoms with van der Waals surface area (Å²) < 4.78 is 10.5. The van der Waals surface area contributed by atoms with E-state index in [4.69, 9.17) is 9.47 Å². The highest BCUT2D eigenvalue weighted by Gasteiger charge is 2.27. The largest absolute Gasteiger partial charge is 0.493 e. The van der Waals surface area contributed by atoms with Crippen molar-refractivity contribution >= 4 is 11.8 Å². The van der Waals surface area contributed by atoms with E-state index in [2.05, 4.69) is 5.32 Å². The standard InChI is InChI=1S/C20H31N3O4/c1-22(2)12-9-21-20(25)16-7-10-23(11-8-16)19(24)14-15-5-6-17(26-3)18(13-15)27-4/h5-6,13,16H,7-12,14H2,1-4H3,(H,21,25). The van der Waals surface area contributed by atoms with E-state index in [-0.39, 0.29) is 17.7 Å². The van der Waals surface area contributed by atoms with Gasteiger partial charge in [-0.1, -0.05) is 6.07 Å². The molecule has 27 heavy (non-hydrogen) atoms. The number of likely N-dealkylation sites (tertiary alicyclic amines) is 1. The van der Waals surface area contributed by atoms with Crippen LogP contribution in [0.5, 0.6) is 11.5 Å². The zero-order valence-electron chi connectivity index (χ0n) is 16.8. The summed E-state index contributed by atoms with van der Waals surface area (Å²) in [5, 5.41) is 2.98. The predicted octanol–water partition coefficient (Wildman–Crippen LogP) is 1.16. The molecule has 0 saturated carbocycles. The van der Waals surface area contributed by atoms with E-state index < -0.39 is 0 Å². The third-order valence-electron chi connectivity index (χ3n) is 4.88. The van der Waals surface area contributed by atoms with E-state index in [9.17, 15) is 9.59 Å². The second kappa shape index (κ2) is 10.2. The van der Waals surface area contributed by atoms with Gasteiger partial charge in [0, 0.05) is 32.1 Å². The first kappa shape index (κ1) is 21.0. The molecular weight excluding hydrogens is 346 g/mol.